The van der Waals surface area contributed by atoms with Crippen molar-refractivity contribution in [2.24, 2.45) is 11.0 Å². The molecule has 18 heavy (non-hydrogen) atoms. The summed E-state index contributed by atoms with van der Waals surface area (Å²) in [6.07, 6.45) is 9.44. The molecule has 2 rings (SSSR count). The molecule has 1 atom stereocenters. The largest absolute Gasteiger partial charge is 0.271 e. The van der Waals surface area contributed by atoms with E-state index in [-0.39, 0.29) is 5.91 Å². The fourth-order valence-corrected chi connectivity index (χ4v) is 2.04. The minimum Gasteiger partial charge on any atom is -0.267 e. The summed E-state index contributed by atoms with van der Waals surface area (Å²) in [6.45, 7) is 1.92. The molecule has 0 saturated heterocycles. The maximum absolute atomic E-state index is 11.9. The molecule has 0 fully saturated rings. The van der Waals surface area contributed by atoms with Gasteiger partial charge < -0.3 is 0 Å². The Morgan fingerprint density at radius 3 is 2.94 bits per heavy atom. The number of hydrogen-bond acceptors (Lipinski definition) is 2. The Morgan fingerprint density at radius 1 is 1.39 bits per heavy atom. The van der Waals surface area contributed by atoms with E-state index in [4.69, 9.17) is 0 Å². The SMILES string of the molecule is Cc1ccccc1C(=O)N/N=C\[C@H]1CC=CCC1. The Labute approximate surface area is 108 Å². The van der Waals surface area contributed by atoms with E-state index in [1.165, 1.54) is 0 Å². The van der Waals surface area contributed by atoms with Crippen molar-refractivity contribution in [3.05, 3.63) is 47.5 Å². The zero-order valence-electron chi connectivity index (χ0n) is 10.6. The number of carbonyl (C=O) groups excluding carboxylic acids is 1. The Balaban J connectivity index is 1.90. The molecular weight excluding hydrogens is 224 g/mol. The van der Waals surface area contributed by atoms with Gasteiger partial charge in [0.25, 0.3) is 5.91 Å². The molecule has 0 spiro atoms. The van der Waals surface area contributed by atoms with Crippen molar-refractivity contribution in [3.63, 3.8) is 0 Å². The number of nitrogens with one attached hydrogen (secondary N) is 1. The standard InChI is InChI=1S/C15H18N2O/c1-12-7-5-6-10-14(12)15(18)17-16-11-13-8-3-2-4-9-13/h2-3,5-7,10-11,13H,4,8-9H2,1H3,(H,17,18)/b16-11-/t13-/m0/s1. The van der Waals surface area contributed by atoms with Crippen LogP contribution in [0.1, 0.15) is 35.2 Å². The van der Waals surface area contributed by atoms with Crippen molar-refractivity contribution < 1.29 is 4.79 Å². The molecule has 3 heteroatoms. The molecule has 1 aliphatic rings. The van der Waals surface area contributed by atoms with Crippen LogP contribution >= 0.6 is 0 Å². The van der Waals surface area contributed by atoms with E-state index < -0.39 is 0 Å². The first-order valence-electron chi connectivity index (χ1n) is 6.31. The van der Waals surface area contributed by atoms with Gasteiger partial charge >= 0.3 is 0 Å². The van der Waals surface area contributed by atoms with Gasteiger partial charge in [-0.25, -0.2) is 5.43 Å². The van der Waals surface area contributed by atoms with Crippen molar-refractivity contribution in [1.29, 1.82) is 0 Å². The minimum absolute atomic E-state index is 0.143. The fraction of sp³-hybridized carbons (Fsp3) is 0.333. The van der Waals surface area contributed by atoms with Gasteiger partial charge in [-0.3, -0.25) is 4.79 Å². The van der Waals surface area contributed by atoms with Gasteiger partial charge in [-0.15, -0.1) is 0 Å². The Kier molecular flexibility index (Phi) is 4.29. The van der Waals surface area contributed by atoms with Gasteiger partial charge in [0.05, 0.1) is 0 Å². The third-order valence-corrected chi connectivity index (χ3v) is 3.15. The van der Waals surface area contributed by atoms with Crippen LogP contribution in [0.15, 0.2) is 41.5 Å². The van der Waals surface area contributed by atoms with Crippen LogP contribution in [-0.4, -0.2) is 12.1 Å². The zero-order valence-corrected chi connectivity index (χ0v) is 10.6. The van der Waals surface area contributed by atoms with Crippen molar-refractivity contribution in [1.82, 2.24) is 5.43 Å². The van der Waals surface area contributed by atoms with E-state index in [1.807, 2.05) is 37.4 Å². The molecular formula is C15H18N2O. The highest BCUT2D eigenvalue weighted by molar-refractivity contribution is 5.95. The van der Waals surface area contributed by atoms with Crippen molar-refractivity contribution in [2.75, 3.05) is 0 Å². The molecule has 1 N–H and O–H groups in total. The van der Waals surface area contributed by atoms with Crippen LogP contribution in [0.5, 0.6) is 0 Å². The van der Waals surface area contributed by atoms with Crippen LogP contribution < -0.4 is 5.43 Å². The summed E-state index contributed by atoms with van der Waals surface area (Å²) in [4.78, 5) is 11.9. The number of hydrogen-bond donors (Lipinski definition) is 1. The van der Waals surface area contributed by atoms with Gasteiger partial charge in [-0.2, -0.15) is 5.10 Å². The zero-order chi connectivity index (χ0) is 12.8. The van der Waals surface area contributed by atoms with E-state index in [9.17, 15) is 4.79 Å². The van der Waals surface area contributed by atoms with Crippen molar-refractivity contribution in [2.45, 2.75) is 26.2 Å². The monoisotopic (exact) mass is 242 g/mol. The Morgan fingerprint density at radius 2 is 2.22 bits per heavy atom. The van der Waals surface area contributed by atoms with Crippen molar-refractivity contribution >= 4 is 12.1 Å². The van der Waals surface area contributed by atoms with Gasteiger partial charge in [0.2, 0.25) is 0 Å². The van der Waals surface area contributed by atoms with E-state index >= 15 is 0 Å². The van der Waals surface area contributed by atoms with Gasteiger partial charge in [-0.05, 0) is 43.7 Å². The molecule has 0 bridgehead atoms. The van der Waals surface area contributed by atoms with E-state index in [2.05, 4.69) is 22.7 Å². The topological polar surface area (TPSA) is 41.5 Å². The van der Waals surface area contributed by atoms with Crippen LogP contribution in [-0.2, 0) is 0 Å². The predicted molar refractivity (Wildman–Crippen MR) is 73.6 cm³/mol. The molecule has 0 aliphatic heterocycles. The van der Waals surface area contributed by atoms with Crippen LogP contribution in [0, 0.1) is 12.8 Å². The number of amides is 1. The third-order valence-electron chi connectivity index (χ3n) is 3.15. The third kappa shape index (κ3) is 3.29. The second-order valence-electron chi connectivity index (χ2n) is 4.58. The number of rotatable bonds is 3. The molecule has 0 radical (unpaired) electrons. The number of hydrazone groups is 1. The van der Waals surface area contributed by atoms with Gasteiger partial charge in [-0.1, -0.05) is 30.4 Å². The Bertz CT molecular complexity index is 477. The predicted octanol–water partition coefficient (Wildman–Crippen LogP) is 3.07. The summed E-state index contributed by atoms with van der Waals surface area (Å²) in [5.74, 6) is 0.308. The van der Waals surface area contributed by atoms with Gasteiger partial charge in [0.1, 0.15) is 0 Å². The quantitative estimate of drug-likeness (QED) is 0.494. The fourth-order valence-electron chi connectivity index (χ4n) is 2.04. The number of nitrogens with zero attached hydrogens (tertiary/aromatic N) is 1. The maximum atomic E-state index is 11.9. The average Bonchev–Trinajstić information content (AvgIpc) is 2.40. The number of aryl methyl sites for hydroxylation is 1. The highest BCUT2D eigenvalue weighted by Crippen LogP contribution is 2.15. The molecule has 0 aromatic heterocycles. The lowest BCUT2D eigenvalue weighted by molar-refractivity contribution is 0.0954. The highest BCUT2D eigenvalue weighted by atomic mass is 16.2. The van der Waals surface area contributed by atoms with Crippen LogP contribution in [0.25, 0.3) is 0 Å². The lowest BCUT2D eigenvalue weighted by atomic mass is 9.96. The van der Waals surface area contributed by atoms with Gasteiger partial charge in [0, 0.05) is 11.8 Å². The normalized spacial score (nSPS) is 19.1. The molecule has 1 aliphatic carbocycles. The van der Waals surface area contributed by atoms with Crippen LogP contribution in [0.2, 0.25) is 0 Å². The second kappa shape index (κ2) is 6.15. The van der Waals surface area contributed by atoms with E-state index in [0.717, 1.165) is 24.8 Å². The molecule has 0 heterocycles. The summed E-state index contributed by atoms with van der Waals surface area (Å²) in [5, 5.41) is 4.05. The summed E-state index contributed by atoms with van der Waals surface area (Å²) in [7, 11) is 0. The van der Waals surface area contributed by atoms with Gasteiger partial charge in [0.15, 0.2) is 0 Å². The smallest absolute Gasteiger partial charge is 0.267 e. The molecule has 1 aromatic rings. The molecule has 0 unspecified atom stereocenters. The van der Waals surface area contributed by atoms with Crippen molar-refractivity contribution in [3.8, 4) is 0 Å². The first-order chi connectivity index (χ1) is 8.77. The van der Waals surface area contributed by atoms with E-state index in [1.54, 1.807) is 0 Å². The summed E-state index contributed by atoms with van der Waals surface area (Å²) in [6, 6.07) is 7.51. The second-order valence-corrected chi connectivity index (χ2v) is 4.58. The molecule has 0 saturated carbocycles. The Hall–Kier alpha value is -1.90. The number of allylic oxidation sites excluding steroid dienone is 2. The first kappa shape index (κ1) is 12.6. The number of benzene rings is 1. The highest BCUT2D eigenvalue weighted by Gasteiger charge is 2.08. The lowest BCUT2D eigenvalue weighted by Crippen LogP contribution is -2.19. The lowest BCUT2D eigenvalue weighted by Gasteiger charge is -2.11. The molecule has 1 amide bonds. The average molecular weight is 242 g/mol. The van der Waals surface area contributed by atoms with E-state index in [0.29, 0.717) is 11.5 Å². The number of carbonyl (C=O) groups is 1. The summed E-state index contributed by atoms with van der Waals surface area (Å²) < 4.78 is 0. The maximum Gasteiger partial charge on any atom is 0.271 e. The molecule has 94 valence electrons. The summed E-state index contributed by atoms with van der Waals surface area (Å²) in [5.41, 5.74) is 4.24. The molecule has 1 aromatic carbocycles. The summed E-state index contributed by atoms with van der Waals surface area (Å²) >= 11 is 0. The van der Waals surface area contributed by atoms with Crippen LogP contribution in [0.4, 0.5) is 0 Å². The minimum atomic E-state index is -0.143. The first-order valence-corrected chi connectivity index (χ1v) is 6.31. The molecule has 3 nitrogen and oxygen atoms in total. The van der Waals surface area contributed by atoms with Crippen LogP contribution in [0.3, 0.4) is 0 Å².